The largest absolute Gasteiger partial charge is 0.507 e. The Bertz CT molecular complexity index is 996. The summed E-state index contributed by atoms with van der Waals surface area (Å²) in [4.78, 5) is 26.1. The first-order valence-electron chi connectivity index (χ1n) is 9.30. The van der Waals surface area contributed by atoms with E-state index in [1.54, 1.807) is 24.3 Å². The summed E-state index contributed by atoms with van der Waals surface area (Å²) < 4.78 is 0.265. The average molecular weight is 441 g/mol. The molecule has 2 aromatic carbocycles. The molecule has 0 saturated carbocycles. The lowest BCUT2D eigenvalue weighted by Crippen LogP contribution is -2.21. The highest BCUT2D eigenvalue weighted by Gasteiger charge is 2.34. The highest BCUT2D eigenvalue weighted by atomic mass is 79.9. The second-order valence-corrected chi connectivity index (χ2v) is 10.1. The summed E-state index contributed by atoms with van der Waals surface area (Å²) in [6.07, 6.45) is 0. The highest BCUT2D eigenvalue weighted by Crippen LogP contribution is 2.43. The van der Waals surface area contributed by atoms with Crippen LogP contribution in [0.25, 0.3) is 5.57 Å². The van der Waals surface area contributed by atoms with Gasteiger partial charge in [-0.1, -0.05) is 65.8 Å². The summed E-state index contributed by atoms with van der Waals surface area (Å²) in [5.41, 5.74) is 2.66. The minimum Gasteiger partial charge on any atom is -0.507 e. The van der Waals surface area contributed by atoms with Crippen LogP contribution < -0.4 is 0 Å². The number of aromatic hydroxyl groups is 1. The molecule has 3 nitrogen and oxygen atoms in total. The number of carbonyl (C=O) groups excluding carboxylic acids is 2. The molecular formula is C24H25BrO3. The molecule has 0 aliphatic heterocycles. The van der Waals surface area contributed by atoms with Crippen LogP contribution in [0, 0.1) is 0 Å². The summed E-state index contributed by atoms with van der Waals surface area (Å²) in [6, 6.07) is 10.5. The number of hydrogen-bond donors (Lipinski definition) is 1. The van der Waals surface area contributed by atoms with E-state index in [1.807, 2.05) is 53.7 Å². The number of phenolic OH excluding ortho intramolecular Hbond substituents is 1. The van der Waals surface area contributed by atoms with Gasteiger partial charge in [-0.2, -0.15) is 0 Å². The first-order valence-corrected chi connectivity index (χ1v) is 10.1. The van der Waals surface area contributed by atoms with Crippen molar-refractivity contribution in [2.45, 2.75) is 52.4 Å². The summed E-state index contributed by atoms with van der Waals surface area (Å²) in [6.45, 7) is 12.1. The van der Waals surface area contributed by atoms with E-state index < -0.39 is 0 Å². The fourth-order valence-corrected chi connectivity index (χ4v) is 4.15. The van der Waals surface area contributed by atoms with Gasteiger partial charge in [-0.15, -0.1) is 0 Å². The molecule has 3 rings (SSSR count). The zero-order valence-corrected chi connectivity index (χ0v) is 18.7. The quantitative estimate of drug-likeness (QED) is 0.576. The summed E-state index contributed by atoms with van der Waals surface area (Å²) in [5.74, 6) is -0.143. The Kier molecular flexibility index (Phi) is 4.91. The SMILES string of the molecule is CC(C)(C)c1cc(C2=C(Br)C(=O)c3ccccc3C2=O)cc(C(C)(C)C)c1O. The van der Waals surface area contributed by atoms with Crippen LogP contribution in [0.1, 0.15) is 78.9 Å². The van der Waals surface area contributed by atoms with Gasteiger partial charge in [-0.05, 0) is 44.5 Å². The van der Waals surface area contributed by atoms with Crippen molar-refractivity contribution < 1.29 is 14.7 Å². The Morgan fingerprint density at radius 2 is 1.21 bits per heavy atom. The van der Waals surface area contributed by atoms with Gasteiger partial charge in [0.1, 0.15) is 5.75 Å². The van der Waals surface area contributed by atoms with Crippen LogP contribution in [0.4, 0.5) is 0 Å². The topological polar surface area (TPSA) is 54.4 Å². The summed E-state index contributed by atoms with van der Waals surface area (Å²) >= 11 is 3.38. The van der Waals surface area contributed by atoms with Crippen molar-refractivity contribution in [3.05, 3.63) is 68.7 Å². The molecule has 28 heavy (non-hydrogen) atoms. The van der Waals surface area contributed by atoms with Crippen LogP contribution in [0.15, 0.2) is 40.9 Å². The molecular weight excluding hydrogens is 416 g/mol. The van der Waals surface area contributed by atoms with E-state index in [-0.39, 0.29) is 32.6 Å². The molecule has 0 saturated heterocycles. The van der Waals surface area contributed by atoms with Crippen LogP contribution >= 0.6 is 15.9 Å². The molecule has 146 valence electrons. The minimum absolute atomic E-state index is 0.188. The second kappa shape index (κ2) is 6.70. The molecule has 0 heterocycles. The summed E-state index contributed by atoms with van der Waals surface area (Å²) in [7, 11) is 0. The molecule has 0 fully saturated rings. The fourth-order valence-electron chi connectivity index (χ4n) is 3.53. The smallest absolute Gasteiger partial charge is 0.201 e. The maximum atomic E-state index is 13.3. The van der Waals surface area contributed by atoms with Gasteiger partial charge in [0.15, 0.2) is 5.78 Å². The molecule has 0 unspecified atom stereocenters. The molecule has 0 bridgehead atoms. The Labute approximate surface area is 174 Å². The number of allylic oxidation sites excluding steroid dienone is 2. The molecule has 2 aromatic rings. The van der Waals surface area contributed by atoms with Crippen molar-refractivity contribution in [2.24, 2.45) is 0 Å². The average Bonchev–Trinajstić information content (AvgIpc) is 2.59. The van der Waals surface area contributed by atoms with Crippen LogP contribution in [0.2, 0.25) is 0 Å². The first kappa shape index (κ1) is 20.5. The lowest BCUT2D eigenvalue weighted by molar-refractivity contribution is 0.0999. The zero-order chi connectivity index (χ0) is 21.0. The predicted molar refractivity (Wildman–Crippen MR) is 116 cm³/mol. The van der Waals surface area contributed by atoms with E-state index in [4.69, 9.17) is 0 Å². The molecule has 0 radical (unpaired) electrons. The lowest BCUT2D eigenvalue weighted by Gasteiger charge is -2.29. The van der Waals surface area contributed by atoms with E-state index in [0.717, 1.165) is 11.1 Å². The van der Waals surface area contributed by atoms with Gasteiger partial charge in [0.25, 0.3) is 0 Å². The van der Waals surface area contributed by atoms with E-state index in [2.05, 4.69) is 15.9 Å². The van der Waals surface area contributed by atoms with E-state index in [0.29, 0.717) is 22.3 Å². The Morgan fingerprint density at radius 1 is 0.786 bits per heavy atom. The number of fused-ring (bicyclic) bond motifs is 1. The molecule has 1 aliphatic rings. The number of hydrogen-bond acceptors (Lipinski definition) is 3. The third-order valence-corrected chi connectivity index (χ3v) is 5.83. The van der Waals surface area contributed by atoms with E-state index >= 15 is 0 Å². The number of Topliss-reactive ketones (excluding diaryl/α,β-unsaturated/α-hetero) is 2. The van der Waals surface area contributed by atoms with Crippen molar-refractivity contribution in [2.75, 3.05) is 0 Å². The van der Waals surface area contributed by atoms with Gasteiger partial charge in [0.2, 0.25) is 5.78 Å². The monoisotopic (exact) mass is 440 g/mol. The molecule has 0 aromatic heterocycles. The Morgan fingerprint density at radius 3 is 1.64 bits per heavy atom. The molecule has 4 heteroatoms. The van der Waals surface area contributed by atoms with Crippen LogP contribution in [-0.2, 0) is 10.8 Å². The van der Waals surface area contributed by atoms with Crippen LogP contribution in [0.5, 0.6) is 5.75 Å². The van der Waals surface area contributed by atoms with Crippen molar-refractivity contribution in [3.8, 4) is 5.75 Å². The number of ketones is 2. The van der Waals surface area contributed by atoms with Gasteiger partial charge in [-0.25, -0.2) is 0 Å². The van der Waals surface area contributed by atoms with Crippen molar-refractivity contribution in [1.29, 1.82) is 0 Å². The van der Waals surface area contributed by atoms with Gasteiger partial charge in [-0.3, -0.25) is 9.59 Å². The fraction of sp³-hybridized carbons (Fsp3) is 0.333. The maximum absolute atomic E-state index is 13.3. The maximum Gasteiger partial charge on any atom is 0.201 e. The van der Waals surface area contributed by atoms with Crippen LogP contribution in [-0.4, -0.2) is 16.7 Å². The third kappa shape index (κ3) is 3.35. The number of carbonyl (C=O) groups is 2. The first-order chi connectivity index (χ1) is 12.8. The third-order valence-electron chi connectivity index (χ3n) is 5.08. The molecule has 0 spiro atoms. The van der Waals surface area contributed by atoms with Crippen molar-refractivity contribution in [1.82, 2.24) is 0 Å². The van der Waals surface area contributed by atoms with Gasteiger partial charge < -0.3 is 5.11 Å². The normalized spacial score (nSPS) is 15.1. The molecule has 0 atom stereocenters. The Hall–Kier alpha value is -2.20. The number of phenols is 1. The molecule has 1 aliphatic carbocycles. The molecule has 0 amide bonds. The van der Waals surface area contributed by atoms with E-state index in [1.165, 1.54) is 0 Å². The second-order valence-electron chi connectivity index (χ2n) is 9.31. The van der Waals surface area contributed by atoms with Gasteiger partial charge in [0.05, 0.1) is 4.48 Å². The zero-order valence-electron chi connectivity index (χ0n) is 17.1. The standard InChI is InChI=1S/C24H25BrO3/c1-23(2,3)16-11-13(12-17(22(16)28)24(4,5)6)18-19(25)21(27)15-10-8-7-9-14(15)20(18)26/h7-12,28H,1-6H3. The number of rotatable bonds is 1. The van der Waals surface area contributed by atoms with Crippen molar-refractivity contribution in [3.63, 3.8) is 0 Å². The number of halogens is 1. The highest BCUT2D eigenvalue weighted by molar-refractivity contribution is 9.12. The number of benzene rings is 2. The van der Waals surface area contributed by atoms with Gasteiger partial charge >= 0.3 is 0 Å². The van der Waals surface area contributed by atoms with Gasteiger partial charge in [0, 0.05) is 27.8 Å². The van der Waals surface area contributed by atoms with E-state index in [9.17, 15) is 14.7 Å². The van der Waals surface area contributed by atoms with Crippen LogP contribution in [0.3, 0.4) is 0 Å². The minimum atomic E-state index is -0.327. The lowest BCUT2D eigenvalue weighted by atomic mass is 9.76. The van der Waals surface area contributed by atoms with Crippen molar-refractivity contribution >= 4 is 33.1 Å². The molecule has 1 N–H and O–H groups in total. The predicted octanol–water partition coefficient (Wildman–Crippen LogP) is 6.17. The summed E-state index contributed by atoms with van der Waals surface area (Å²) in [5, 5.41) is 10.9. The Balaban J connectivity index is 2.34.